The van der Waals surface area contributed by atoms with Crippen molar-refractivity contribution in [3.63, 3.8) is 0 Å². The lowest BCUT2D eigenvalue weighted by molar-refractivity contribution is 0.292. The van der Waals surface area contributed by atoms with Gasteiger partial charge in [0.15, 0.2) is 0 Å². The van der Waals surface area contributed by atoms with Gasteiger partial charge in [0.25, 0.3) is 0 Å². The fraction of sp³-hybridized carbons (Fsp3) is 0.556. The van der Waals surface area contributed by atoms with Crippen molar-refractivity contribution in [2.24, 2.45) is 0 Å². The highest BCUT2D eigenvalue weighted by atomic mass is 16.3. The lowest BCUT2D eigenvalue weighted by Crippen LogP contribution is -2.17. The third-order valence-electron chi connectivity index (χ3n) is 1.75. The average molecular weight is 169 g/mol. The highest BCUT2D eigenvalue weighted by molar-refractivity contribution is 5.19. The lowest BCUT2D eigenvalue weighted by Gasteiger charge is -1.99. The Morgan fingerprint density at radius 3 is 2.75 bits per heavy atom. The van der Waals surface area contributed by atoms with Crippen molar-refractivity contribution in [1.82, 2.24) is 5.32 Å². The Kier molecular flexibility index (Phi) is 3.31. The molecule has 1 heterocycles. The summed E-state index contributed by atoms with van der Waals surface area (Å²) in [6.45, 7) is 5.45. The third-order valence-corrected chi connectivity index (χ3v) is 1.75. The van der Waals surface area contributed by atoms with Crippen molar-refractivity contribution in [1.29, 1.82) is 0 Å². The number of rotatable bonds is 4. The molecule has 0 aromatic carbocycles. The minimum absolute atomic E-state index is 0.176. The Balaban J connectivity index is 2.45. The molecule has 3 nitrogen and oxygen atoms in total. The summed E-state index contributed by atoms with van der Waals surface area (Å²) in [5.41, 5.74) is 1.17. The van der Waals surface area contributed by atoms with E-state index in [1.165, 1.54) is 5.56 Å². The van der Waals surface area contributed by atoms with Gasteiger partial charge >= 0.3 is 0 Å². The second kappa shape index (κ2) is 4.28. The summed E-state index contributed by atoms with van der Waals surface area (Å²) in [6, 6.07) is 2.01. The number of nitrogens with one attached hydrogen (secondary N) is 1. The van der Waals surface area contributed by atoms with Crippen molar-refractivity contribution < 1.29 is 9.52 Å². The van der Waals surface area contributed by atoms with Gasteiger partial charge in [0.2, 0.25) is 0 Å². The molecule has 0 aliphatic carbocycles. The Labute approximate surface area is 72.4 Å². The normalized spacial score (nSPS) is 10.6. The molecule has 3 heteroatoms. The monoisotopic (exact) mass is 169 g/mol. The molecule has 0 fully saturated rings. The number of aryl methyl sites for hydroxylation is 2. The summed E-state index contributed by atoms with van der Waals surface area (Å²) in [6.07, 6.45) is 0. The molecule has 1 aromatic heterocycles. The second-order valence-corrected chi connectivity index (χ2v) is 2.84. The molecule has 0 saturated heterocycles. The summed E-state index contributed by atoms with van der Waals surface area (Å²) in [5.74, 6) is 1.89. The molecule has 0 aliphatic heterocycles. The molecule has 0 radical (unpaired) electrons. The van der Waals surface area contributed by atoms with Crippen LogP contribution in [0.25, 0.3) is 0 Å². The number of aliphatic hydroxyl groups excluding tert-OH is 1. The molecule has 0 aliphatic rings. The average Bonchev–Trinajstić information content (AvgIpc) is 2.31. The van der Waals surface area contributed by atoms with Gasteiger partial charge in [-0.1, -0.05) is 0 Å². The predicted octanol–water partition coefficient (Wildman–Crippen LogP) is 0.978. The quantitative estimate of drug-likeness (QED) is 0.660. The maximum atomic E-state index is 8.53. The summed E-state index contributed by atoms with van der Waals surface area (Å²) < 4.78 is 5.34. The molecule has 1 aromatic rings. The van der Waals surface area contributed by atoms with Crippen LogP contribution in [0.2, 0.25) is 0 Å². The molecule has 0 saturated carbocycles. The summed E-state index contributed by atoms with van der Waals surface area (Å²) in [5, 5.41) is 11.6. The highest BCUT2D eigenvalue weighted by Crippen LogP contribution is 2.12. The van der Waals surface area contributed by atoms with Crippen LogP contribution in [-0.4, -0.2) is 18.3 Å². The maximum Gasteiger partial charge on any atom is 0.105 e. The van der Waals surface area contributed by atoms with Gasteiger partial charge in [-0.2, -0.15) is 0 Å². The van der Waals surface area contributed by atoms with Crippen molar-refractivity contribution in [2.75, 3.05) is 13.2 Å². The molecular formula is C9H15NO2. The number of hydrogen-bond acceptors (Lipinski definition) is 3. The Hall–Kier alpha value is -0.800. The van der Waals surface area contributed by atoms with Crippen LogP contribution in [0.4, 0.5) is 0 Å². The van der Waals surface area contributed by atoms with Crippen LogP contribution in [-0.2, 0) is 6.54 Å². The molecule has 68 valence electrons. The topological polar surface area (TPSA) is 45.4 Å². The Morgan fingerprint density at radius 1 is 1.50 bits per heavy atom. The van der Waals surface area contributed by atoms with Crippen molar-refractivity contribution in [3.8, 4) is 0 Å². The summed E-state index contributed by atoms with van der Waals surface area (Å²) in [7, 11) is 0. The van der Waals surface area contributed by atoms with Gasteiger partial charge in [-0.15, -0.1) is 0 Å². The summed E-state index contributed by atoms with van der Waals surface area (Å²) >= 11 is 0. The molecule has 0 atom stereocenters. The number of furan rings is 1. The van der Waals surface area contributed by atoms with Gasteiger partial charge < -0.3 is 14.8 Å². The molecule has 1 rings (SSSR count). The van der Waals surface area contributed by atoms with Crippen LogP contribution in [0.3, 0.4) is 0 Å². The van der Waals surface area contributed by atoms with E-state index >= 15 is 0 Å². The minimum atomic E-state index is 0.176. The van der Waals surface area contributed by atoms with E-state index in [9.17, 15) is 0 Å². The standard InChI is InChI=1S/C9H15NO2/c1-7-5-9(8(2)12-7)6-10-3-4-11/h5,10-11H,3-4,6H2,1-2H3. The Morgan fingerprint density at radius 2 is 2.25 bits per heavy atom. The van der Waals surface area contributed by atoms with Gasteiger partial charge in [0, 0.05) is 18.7 Å². The van der Waals surface area contributed by atoms with E-state index in [4.69, 9.17) is 9.52 Å². The molecular weight excluding hydrogens is 154 g/mol. The first-order chi connectivity index (χ1) is 5.74. The first-order valence-corrected chi connectivity index (χ1v) is 4.11. The zero-order valence-electron chi connectivity index (χ0n) is 7.55. The fourth-order valence-electron chi connectivity index (χ4n) is 1.16. The van der Waals surface area contributed by atoms with Gasteiger partial charge in [0.1, 0.15) is 11.5 Å². The third kappa shape index (κ3) is 2.36. The van der Waals surface area contributed by atoms with Crippen LogP contribution in [0.15, 0.2) is 10.5 Å². The van der Waals surface area contributed by atoms with Crippen LogP contribution in [0.1, 0.15) is 17.1 Å². The zero-order chi connectivity index (χ0) is 8.97. The largest absolute Gasteiger partial charge is 0.466 e. The van der Waals surface area contributed by atoms with Crippen LogP contribution < -0.4 is 5.32 Å². The van der Waals surface area contributed by atoms with Gasteiger partial charge in [-0.3, -0.25) is 0 Å². The molecule has 0 unspecified atom stereocenters. The Bertz CT molecular complexity index is 243. The van der Waals surface area contributed by atoms with Crippen LogP contribution >= 0.6 is 0 Å². The van der Waals surface area contributed by atoms with Crippen molar-refractivity contribution in [2.45, 2.75) is 20.4 Å². The number of hydrogen-bond donors (Lipinski definition) is 2. The van der Waals surface area contributed by atoms with Crippen molar-refractivity contribution in [3.05, 3.63) is 23.2 Å². The molecule has 0 spiro atoms. The van der Waals surface area contributed by atoms with E-state index in [0.29, 0.717) is 6.54 Å². The first kappa shape index (κ1) is 9.29. The first-order valence-electron chi connectivity index (χ1n) is 4.11. The molecule has 0 bridgehead atoms. The van der Waals surface area contributed by atoms with Crippen LogP contribution in [0.5, 0.6) is 0 Å². The predicted molar refractivity (Wildman–Crippen MR) is 47.0 cm³/mol. The van der Waals surface area contributed by atoms with E-state index in [0.717, 1.165) is 18.1 Å². The smallest absolute Gasteiger partial charge is 0.105 e. The minimum Gasteiger partial charge on any atom is -0.466 e. The molecule has 12 heavy (non-hydrogen) atoms. The van der Waals surface area contributed by atoms with E-state index in [1.807, 2.05) is 19.9 Å². The highest BCUT2D eigenvalue weighted by Gasteiger charge is 2.02. The van der Waals surface area contributed by atoms with Gasteiger partial charge in [-0.25, -0.2) is 0 Å². The van der Waals surface area contributed by atoms with E-state index in [-0.39, 0.29) is 6.61 Å². The van der Waals surface area contributed by atoms with E-state index in [1.54, 1.807) is 0 Å². The van der Waals surface area contributed by atoms with E-state index in [2.05, 4.69) is 5.32 Å². The molecule has 2 N–H and O–H groups in total. The lowest BCUT2D eigenvalue weighted by atomic mass is 10.2. The second-order valence-electron chi connectivity index (χ2n) is 2.84. The van der Waals surface area contributed by atoms with Crippen molar-refractivity contribution >= 4 is 0 Å². The maximum absolute atomic E-state index is 8.53. The van der Waals surface area contributed by atoms with Crippen LogP contribution in [0, 0.1) is 13.8 Å². The SMILES string of the molecule is Cc1cc(CNCCO)c(C)o1. The van der Waals surface area contributed by atoms with E-state index < -0.39 is 0 Å². The summed E-state index contributed by atoms with van der Waals surface area (Å²) in [4.78, 5) is 0. The van der Waals surface area contributed by atoms with Gasteiger partial charge in [-0.05, 0) is 19.9 Å². The number of aliphatic hydroxyl groups is 1. The fourth-order valence-corrected chi connectivity index (χ4v) is 1.16. The zero-order valence-corrected chi connectivity index (χ0v) is 7.55. The van der Waals surface area contributed by atoms with Gasteiger partial charge in [0.05, 0.1) is 6.61 Å². The molecule has 0 amide bonds.